The van der Waals surface area contributed by atoms with Gasteiger partial charge in [0, 0.05) is 17.6 Å². The largest absolute Gasteiger partial charge is 0.507 e. The summed E-state index contributed by atoms with van der Waals surface area (Å²) in [5, 5.41) is 14.6. The maximum Gasteiger partial charge on any atom is 0.228 e. The number of aldehydes is 1. The number of aromatic hydroxyl groups is 1. The first kappa shape index (κ1) is 25.8. The third-order valence-electron chi connectivity index (χ3n) is 7.98. The van der Waals surface area contributed by atoms with E-state index < -0.39 is 6.86 Å². The highest BCUT2D eigenvalue weighted by atomic mass is 35.5. The average molecular weight is 478 g/mol. The van der Waals surface area contributed by atoms with Crippen LogP contribution in [-0.2, 0) is 6.42 Å². The van der Waals surface area contributed by atoms with Crippen LogP contribution in [0.5, 0.6) is 11.5 Å². The normalized spacial score (nSPS) is 28.3. The van der Waals surface area contributed by atoms with E-state index in [1.165, 1.54) is 25.7 Å². The topological polar surface area (TPSA) is 58.6 Å². The lowest BCUT2D eigenvalue weighted by Gasteiger charge is -2.48. The molecule has 1 aromatic rings. The van der Waals surface area contributed by atoms with Crippen LogP contribution in [-0.4, -0.2) is 30.3 Å². The maximum absolute atomic E-state index is 13.0. The number of halogens is 2. The Kier molecular flexibility index (Phi) is 8.28. The molecular weight excluding hydrogens is 441 g/mol. The second kappa shape index (κ2) is 10.6. The highest BCUT2D eigenvalue weighted by Crippen LogP contribution is 2.47. The Morgan fingerprint density at radius 2 is 2.00 bits per heavy atom. The summed E-state index contributed by atoms with van der Waals surface area (Å²) in [5.74, 6) is 0.973. The molecule has 0 heterocycles. The molecule has 4 nitrogen and oxygen atoms in total. The minimum absolute atomic E-state index is 0.0718. The van der Waals surface area contributed by atoms with Gasteiger partial charge in [0.2, 0.25) is 6.86 Å². The van der Waals surface area contributed by atoms with Crippen LogP contribution in [0.25, 0.3) is 0 Å². The SMILES string of the molecule is CC(/C=C/[C@@]1(C)[C@H](C)CCC(NC2CC2)[C@@H]1C)=C\Cc1c(O)c(C=O)c(C)c(Cl)c1OCF. The molecule has 6 heteroatoms. The number of rotatable bonds is 9. The van der Waals surface area contributed by atoms with E-state index in [9.17, 15) is 14.3 Å². The lowest BCUT2D eigenvalue weighted by molar-refractivity contribution is 0.0785. The van der Waals surface area contributed by atoms with E-state index in [-0.39, 0.29) is 33.9 Å². The Balaban J connectivity index is 1.82. The quantitative estimate of drug-likeness (QED) is 0.306. The van der Waals surface area contributed by atoms with Gasteiger partial charge in [0.05, 0.1) is 10.6 Å². The van der Waals surface area contributed by atoms with Crippen molar-refractivity contribution < 1.29 is 19.0 Å². The number of alkyl halides is 1. The molecule has 0 saturated heterocycles. The zero-order valence-corrected chi connectivity index (χ0v) is 21.1. The molecule has 2 saturated carbocycles. The van der Waals surface area contributed by atoms with Crippen molar-refractivity contribution in [1.82, 2.24) is 5.32 Å². The summed E-state index contributed by atoms with van der Waals surface area (Å²) in [6, 6.07) is 1.24. The third kappa shape index (κ3) is 5.46. The number of allylic oxidation sites excluding steroid dienone is 4. The molecule has 1 unspecified atom stereocenters. The second-order valence-electron chi connectivity index (χ2n) is 10.0. The van der Waals surface area contributed by atoms with Gasteiger partial charge in [-0.05, 0) is 68.8 Å². The summed E-state index contributed by atoms with van der Waals surface area (Å²) >= 11 is 6.31. The lowest BCUT2D eigenvalue weighted by Crippen LogP contribution is -2.49. The molecule has 0 aliphatic heterocycles. The van der Waals surface area contributed by atoms with Gasteiger partial charge in [-0.2, -0.15) is 0 Å². The van der Waals surface area contributed by atoms with Crippen molar-refractivity contribution >= 4 is 17.9 Å². The summed E-state index contributed by atoms with van der Waals surface area (Å²) in [6.07, 6.45) is 12.3. The van der Waals surface area contributed by atoms with Gasteiger partial charge < -0.3 is 15.2 Å². The van der Waals surface area contributed by atoms with Crippen LogP contribution in [0.2, 0.25) is 5.02 Å². The van der Waals surface area contributed by atoms with Crippen molar-refractivity contribution in [3.63, 3.8) is 0 Å². The van der Waals surface area contributed by atoms with Crippen LogP contribution in [0.4, 0.5) is 4.39 Å². The van der Waals surface area contributed by atoms with E-state index in [0.29, 0.717) is 41.3 Å². The standard InChI is InChI=1S/C27H37ClFNO3/c1-16(6-10-21-25(32)22(14-31)18(3)24(28)26(21)33-15-29)12-13-27(5)17(2)7-11-23(19(27)4)30-20-8-9-20/h6,12-14,17,19-20,23,30,32H,7-11,15H2,1-5H3/b13-12+,16-6+/t17-,19+,23?,27+/m1/s1. The molecule has 4 atom stereocenters. The molecule has 0 radical (unpaired) electrons. The van der Waals surface area contributed by atoms with Gasteiger partial charge in [-0.25, -0.2) is 4.39 Å². The second-order valence-corrected chi connectivity index (χ2v) is 10.4. The van der Waals surface area contributed by atoms with Gasteiger partial charge in [0.1, 0.15) is 11.5 Å². The number of benzene rings is 1. The van der Waals surface area contributed by atoms with E-state index in [0.717, 1.165) is 5.57 Å². The van der Waals surface area contributed by atoms with Gasteiger partial charge >= 0.3 is 0 Å². The van der Waals surface area contributed by atoms with E-state index in [4.69, 9.17) is 16.3 Å². The molecule has 3 rings (SSSR count). The maximum atomic E-state index is 13.0. The fourth-order valence-electron chi connectivity index (χ4n) is 5.02. The first-order valence-electron chi connectivity index (χ1n) is 11.9. The average Bonchev–Trinajstić information content (AvgIpc) is 3.61. The Hall–Kier alpha value is -1.85. The molecule has 2 aliphatic carbocycles. The summed E-state index contributed by atoms with van der Waals surface area (Å²) in [6.45, 7) is 9.57. The predicted molar refractivity (Wildman–Crippen MR) is 132 cm³/mol. The van der Waals surface area contributed by atoms with E-state index in [1.54, 1.807) is 6.92 Å². The number of ether oxygens (including phenoxy) is 1. The van der Waals surface area contributed by atoms with Crippen molar-refractivity contribution in [1.29, 1.82) is 0 Å². The van der Waals surface area contributed by atoms with Crippen LogP contribution in [0.15, 0.2) is 23.8 Å². The summed E-state index contributed by atoms with van der Waals surface area (Å²) < 4.78 is 18.1. The van der Waals surface area contributed by atoms with E-state index in [1.807, 2.05) is 13.0 Å². The van der Waals surface area contributed by atoms with Gasteiger partial charge in [-0.3, -0.25) is 4.79 Å². The number of carbonyl (C=O) groups is 1. The van der Waals surface area contributed by atoms with Crippen LogP contribution < -0.4 is 10.1 Å². The molecule has 0 amide bonds. The highest BCUT2D eigenvalue weighted by Gasteiger charge is 2.43. The van der Waals surface area contributed by atoms with Crippen molar-refractivity contribution in [3.8, 4) is 11.5 Å². The van der Waals surface area contributed by atoms with Gasteiger partial charge in [0.15, 0.2) is 6.29 Å². The minimum atomic E-state index is -1.07. The Labute approximate surface area is 202 Å². The Morgan fingerprint density at radius 3 is 2.61 bits per heavy atom. The zero-order valence-electron chi connectivity index (χ0n) is 20.4. The summed E-state index contributed by atoms with van der Waals surface area (Å²) in [5.41, 5.74) is 1.89. The van der Waals surface area contributed by atoms with Crippen molar-refractivity contribution in [2.24, 2.45) is 17.3 Å². The van der Waals surface area contributed by atoms with Crippen molar-refractivity contribution in [2.45, 2.75) is 78.8 Å². The fourth-order valence-corrected chi connectivity index (χ4v) is 5.29. The number of phenolic OH excluding ortho intramolecular Hbond substituents is 1. The zero-order chi connectivity index (χ0) is 24.3. The Morgan fingerprint density at radius 1 is 1.30 bits per heavy atom. The van der Waals surface area contributed by atoms with Crippen molar-refractivity contribution in [2.75, 3.05) is 6.86 Å². The molecule has 0 bridgehead atoms. The molecule has 2 fully saturated rings. The molecule has 182 valence electrons. The summed E-state index contributed by atoms with van der Waals surface area (Å²) in [4.78, 5) is 11.5. The molecule has 2 aliphatic rings. The smallest absolute Gasteiger partial charge is 0.228 e. The van der Waals surface area contributed by atoms with Crippen LogP contribution >= 0.6 is 11.6 Å². The monoisotopic (exact) mass is 477 g/mol. The fraction of sp³-hybridized carbons (Fsp3) is 0.593. The molecule has 2 N–H and O–H groups in total. The van der Waals surface area contributed by atoms with Gasteiger partial charge in [-0.15, -0.1) is 0 Å². The minimum Gasteiger partial charge on any atom is -0.507 e. The lowest BCUT2D eigenvalue weighted by atomic mass is 9.60. The first-order chi connectivity index (χ1) is 15.6. The number of hydrogen-bond donors (Lipinski definition) is 2. The van der Waals surface area contributed by atoms with Crippen LogP contribution in [0, 0.1) is 24.2 Å². The number of nitrogens with one attached hydrogen (secondary N) is 1. The molecular formula is C27H37ClFNO3. The predicted octanol–water partition coefficient (Wildman–Crippen LogP) is 6.71. The number of carbonyl (C=O) groups excluding carboxylic acids is 1. The number of hydrogen-bond acceptors (Lipinski definition) is 4. The third-order valence-corrected chi connectivity index (χ3v) is 8.44. The highest BCUT2D eigenvalue weighted by molar-refractivity contribution is 6.33. The summed E-state index contributed by atoms with van der Waals surface area (Å²) in [7, 11) is 0. The molecule has 0 spiro atoms. The molecule has 0 aromatic heterocycles. The molecule has 1 aromatic carbocycles. The van der Waals surface area contributed by atoms with E-state index in [2.05, 4.69) is 38.2 Å². The van der Waals surface area contributed by atoms with E-state index >= 15 is 0 Å². The molecule has 33 heavy (non-hydrogen) atoms. The van der Waals surface area contributed by atoms with Crippen LogP contribution in [0.3, 0.4) is 0 Å². The number of phenols is 1. The van der Waals surface area contributed by atoms with Gasteiger partial charge in [-0.1, -0.05) is 56.2 Å². The van der Waals surface area contributed by atoms with Crippen LogP contribution in [0.1, 0.15) is 74.9 Å². The van der Waals surface area contributed by atoms with Gasteiger partial charge in [0.25, 0.3) is 0 Å². The van der Waals surface area contributed by atoms with Crippen molar-refractivity contribution in [3.05, 3.63) is 45.5 Å². The Bertz CT molecular complexity index is 940. The first-order valence-corrected chi connectivity index (χ1v) is 12.3.